The van der Waals surface area contributed by atoms with Crippen LogP contribution in [0.5, 0.6) is 5.75 Å². The minimum absolute atomic E-state index is 0.00998. The molecule has 1 aliphatic carbocycles. The minimum atomic E-state index is -0.717. The van der Waals surface area contributed by atoms with E-state index in [9.17, 15) is 14.9 Å². The fourth-order valence-corrected chi connectivity index (χ4v) is 4.65. The second-order valence-electron chi connectivity index (χ2n) is 9.90. The number of para-hydroxylation sites is 1. The molecule has 0 saturated carbocycles. The Bertz CT molecular complexity index is 1310. The first-order valence-electron chi connectivity index (χ1n) is 11.5. The van der Waals surface area contributed by atoms with Crippen LogP contribution in [0.3, 0.4) is 0 Å². The highest BCUT2D eigenvalue weighted by molar-refractivity contribution is 6.00. The average Bonchev–Trinajstić information content (AvgIpc) is 2.78. The van der Waals surface area contributed by atoms with Crippen LogP contribution < -0.4 is 15.8 Å². The summed E-state index contributed by atoms with van der Waals surface area (Å²) in [5, 5.41) is 12.8. The Labute approximate surface area is 205 Å². The Hall–Kier alpha value is -4.05. The van der Waals surface area contributed by atoms with Gasteiger partial charge in [0.15, 0.2) is 12.4 Å². The van der Waals surface area contributed by atoms with Gasteiger partial charge in [-0.05, 0) is 42.5 Å². The zero-order chi connectivity index (χ0) is 25.3. The first-order chi connectivity index (χ1) is 16.6. The zero-order valence-corrected chi connectivity index (χ0v) is 20.4. The Balaban J connectivity index is 1.64. The van der Waals surface area contributed by atoms with E-state index in [0.717, 1.165) is 16.8 Å². The summed E-state index contributed by atoms with van der Waals surface area (Å²) < 4.78 is 11.7. The third kappa shape index (κ3) is 4.92. The number of benzene rings is 2. The van der Waals surface area contributed by atoms with E-state index < -0.39 is 5.92 Å². The van der Waals surface area contributed by atoms with E-state index in [0.29, 0.717) is 35.5 Å². The maximum absolute atomic E-state index is 13.2. The molecule has 1 heterocycles. The van der Waals surface area contributed by atoms with Crippen LogP contribution in [-0.2, 0) is 14.3 Å². The SMILES string of the molecule is Cc1ccc(C)c(NC(=O)COc2ccccc2C2C(C#N)=C(N)OC3=C2C(=O)CC(C)(C)C3)c1. The van der Waals surface area contributed by atoms with E-state index in [4.69, 9.17) is 15.2 Å². The van der Waals surface area contributed by atoms with E-state index in [2.05, 4.69) is 11.4 Å². The van der Waals surface area contributed by atoms with Crippen molar-refractivity contribution in [2.75, 3.05) is 11.9 Å². The second-order valence-corrected chi connectivity index (χ2v) is 9.90. The molecule has 1 amide bonds. The van der Waals surface area contributed by atoms with Crippen molar-refractivity contribution in [1.29, 1.82) is 5.26 Å². The Kier molecular flexibility index (Phi) is 6.40. The highest BCUT2D eigenvalue weighted by Gasteiger charge is 2.43. The monoisotopic (exact) mass is 471 g/mol. The normalized spacial score (nSPS) is 18.9. The van der Waals surface area contributed by atoms with Crippen LogP contribution >= 0.6 is 0 Å². The molecular weight excluding hydrogens is 442 g/mol. The number of hydrogen-bond donors (Lipinski definition) is 2. The number of nitriles is 1. The quantitative estimate of drug-likeness (QED) is 0.649. The molecule has 1 unspecified atom stereocenters. The van der Waals surface area contributed by atoms with Gasteiger partial charge in [-0.15, -0.1) is 0 Å². The summed E-state index contributed by atoms with van der Waals surface area (Å²) in [6.45, 7) is 7.64. The highest BCUT2D eigenvalue weighted by Crippen LogP contribution is 2.49. The molecule has 0 fully saturated rings. The maximum atomic E-state index is 13.2. The van der Waals surface area contributed by atoms with Crippen molar-refractivity contribution < 1.29 is 19.1 Å². The fraction of sp³-hybridized carbons (Fsp3) is 0.321. The molecule has 0 radical (unpaired) electrons. The van der Waals surface area contributed by atoms with E-state index >= 15 is 0 Å². The number of Topliss-reactive ketones (excluding diaryl/α,β-unsaturated/α-hetero) is 1. The van der Waals surface area contributed by atoms with Gasteiger partial charge < -0.3 is 20.5 Å². The molecule has 7 heteroatoms. The molecule has 2 aromatic carbocycles. The van der Waals surface area contributed by atoms with Crippen LogP contribution in [0.2, 0.25) is 0 Å². The van der Waals surface area contributed by atoms with Crippen LogP contribution in [0.15, 0.2) is 65.3 Å². The van der Waals surface area contributed by atoms with Crippen molar-refractivity contribution in [2.45, 2.75) is 46.5 Å². The number of ether oxygens (including phenoxy) is 2. The van der Waals surface area contributed by atoms with Crippen LogP contribution in [0.1, 0.15) is 49.3 Å². The predicted molar refractivity (Wildman–Crippen MR) is 132 cm³/mol. The van der Waals surface area contributed by atoms with E-state index in [1.54, 1.807) is 24.3 Å². The number of aryl methyl sites for hydroxylation is 2. The summed E-state index contributed by atoms with van der Waals surface area (Å²) in [6, 6.07) is 15.0. The first kappa shape index (κ1) is 24.1. The molecule has 35 heavy (non-hydrogen) atoms. The number of carbonyl (C=O) groups excluding carboxylic acids is 2. The number of anilines is 1. The van der Waals surface area contributed by atoms with Gasteiger partial charge in [-0.1, -0.05) is 44.2 Å². The highest BCUT2D eigenvalue weighted by atomic mass is 16.5. The number of allylic oxidation sites excluding steroid dienone is 3. The van der Waals surface area contributed by atoms with Gasteiger partial charge in [0.1, 0.15) is 23.2 Å². The Morgan fingerprint density at radius 3 is 2.71 bits per heavy atom. The number of amides is 1. The summed E-state index contributed by atoms with van der Waals surface area (Å²) in [7, 11) is 0. The third-order valence-electron chi connectivity index (χ3n) is 6.33. The van der Waals surface area contributed by atoms with Gasteiger partial charge in [-0.3, -0.25) is 9.59 Å². The van der Waals surface area contributed by atoms with E-state index in [1.165, 1.54) is 0 Å². The zero-order valence-electron chi connectivity index (χ0n) is 20.4. The molecule has 4 rings (SSSR count). The molecule has 0 bridgehead atoms. The van der Waals surface area contributed by atoms with Gasteiger partial charge in [0, 0.05) is 29.7 Å². The lowest BCUT2D eigenvalue weighted by Crippen LogP contribution is -2.33. The van der Waals surface area contributed by atoms with Crippen LogP contribution in [0.25, 0.3) is 0 Å². The molecular formula is C28H29N3O4. The van der Waals surface area contributed by atoms with Crippen molar-refractivity contribution in [3.63, 3.8) is 0 Å². The number of nitrogens with zero attached hydrogens (tertiary/aromatic N) is 1. The number of rotatable bonds is 5. The molecule has 1 atom stereocenters. The Morgan fingerprint density at radius 2 is 1.97 bits per heavy atom. The number of hydrogen-bond acceptors (Lipinski definition) is 6. The second kappa shape index (κ2) is 9.30. The number of ketones is 1. The van der Waals surface area contributed by atoms with E-state index in [1.807, 2.05) is 45.9 Å². The summed E-state index contributed by atoms with van der Waals surface area (Å²) in [4.78, 5) is 25.9. The average molecular weight is 472 g/mol. The summed E-state index contributed by atoms with van der Waals surface area (Å²) in [5.74, 6) is -0.221. The minimum Gasteiger partial charge on any atom is -0.483 e. The summed E-state index contributed by atoms with van der Waals surface area (Å²) in [5.41, 5.74) is 9.76. The van der Waals surface area contributed by atoms with Crippen LogP contribution in [0, 0.1) is 30.6 Å². The van der Waals surface area contributed by atoms with Crippen molar-refractivity contribution in [3.8, 4) is 11.8 Å². The molecule has 0 aromatic heterocycles. The van der Waals surface area contributed by atoms with Gasteiger partial charge in [0.25, 0.3) is 5.91 Å². The van der Waals surface area contributed by atoms with E-state index in [-0.39, 0.29) is 35.2 Å². The van der Waals surface area contributed by atoms with Gasteiger partial charge in [0.2, 0.25) is 5.88 Å². The standard InChI is InChI=1S/C28H29N3O4/c1-16-9-10-17(2)20(11-16)31-24(33)15-34-22-8-6-5-7-18(22)25-19(14-29)27(30)35-23-13-28(3,4)12-21(32)26(23)25/h5-11,25H,12-13,15,30H2,1-4H3,(H,31,33). The molecule has 2 aromatic rings. The Morgan fingerprint density at radius 1 is 1.23 bits per heavy atom. The molecule has 7 nitrogen and oxygen atoms in total. The van der Waals surface area contributed by atoms with Gasteiger partial charge >= 0.3 is 0 Å². The fourth-order valence-electron chi connectivity index (χ4n) is 4.65. The topological polar surface area (TPSA) is 114 Å². The van der Waals surface area contributed by atoms with Crippen molar-refractivity contribution in [3.05, 3.63) is 81.9 Å². The largest absolute Gasteiger partial charge is 0.483 e. The lowest BCUT2D eigenvalue weighted by molar-refractivity contribution is -0.119. The van der Waals surface area contributed by atoms with Gasteiger partial charge in [-0.2, -0.15) is 5.26 Å². The number of carbonyl (C=O) groups is 2. The molecule has 3 N–H and O–H groups in total. The van der Waals surface area contributed by atoms with Crippen molar-refractivity contribution in [2.24, 2.45) is 11.1 Å². The lowest BCUT2D eigenvalue weighted by atomic mass is 9.70. The van der Waals surface area contributed by atoms with Gasteiger partial charge in [-0.25, -0.2) is 0 Å². The summed E-state index contributed by atoms with van der Waals surface area (Å²) in [6.07, 6.45) is 0.872. The number of nitrogens with two attached hydrogens (primary N) is 1. The molecule has 0 saturated heterocycles. The molecule has 2 aliphatic rings. The predicted octanol–water partition coefficient (Wildman–Crippen LogP) is 4.77. The molecule has 0 spiro atoms. The van der Waals surface area contributed by atoms with Crippen LogP contribution in [-0.4, -0.2) is 18.3 Å². The van der Waals surface area contributed by atoms with Crippen molar-refractivity contribution in [1.82, 2.24) is 0 Å². The lowest BCUT2D eigenvalue weighted by Gasteiger charge is -2.37. The third-order valence-corrected chi connectivity index (χ3v) is 6.33. The number of nitrogens with one attached hydrogen (secondary N) is 1. The first-order valence-corrected chi connectivity index (χ1v) is 11.5. The molecule has 180 valence electrons. The smallest absolute Gasteiger partial charge is 0.262 e. The van der Waals surface area contributed by atoms with Gasteiger partial charge in [0.05, 0.1) is 5.92 Å². The van der Waals surface area contributed by atoms with Crippen LogP contribution in [0.4, 0.5) is 5.69 Å². The summed E-state index contributed by atoms with van der Waals surface area (Å²) >= 11 is 0. The molecule has 1 aliphatic heterocycles. The maximum Gasteiger partial charge on any atom is 0.262 e. The van der Waals surface area contributed by atoms with Crippen molar-refractivity contribution >= 4 is 17.4 Å².